The fourth-order valence-corrected chi connectivity index (χ4v) is 2.73. The Hall–Kier alpha value is -1.39. The number of hydrogen-bond acceptors (Lipinski definition) is 3. The molecule has 2 rings (SSSR count). The summed E-state index contributed by atoms with van der Waals surface area (Å²) in [5, 5.41) is 9.42. The maximum absolute atomic E-state index is 11.5. The number of carbonyl (C=O) groups is 1. The number of likely N-dealkylation sites (tertiary alicyclic amines) is 1. The van der Waals surface area contributed by atoms with E-state index >= 15 is 0 Å². The van der Waals surface area contributed by atoms with E-state index < -0.39 is 11.9 Å². The van der Waals surface area contributed by atoms with Gasteiger partial charge in [-0.05, 0) is 38.5 Å². The molecule has 1 aliphatic heterocycles. The van der Waals surface area contributed by atoms with Crippen molar-refractivity contribution >= 4 is 5.97 Å². The van der Waals surface area contributed by atoms with Crippen LogP contribution in [-0.2, 0) is 4.79 Å². The molecule has 1 fully saturated rings. The molecule has 0 amide bonds. The first-order valence-corrected chi connectivity index (χ1v) is 7.35. The van der Waals surface area contributed by atoms with Gasteiger partial charge in [0.2, 0.25) is 0 Å². The number of likely N-dealkylation sites (N-methyl/N-ethyl adjacent to an activating group) is 1. The van der Waals surface area contributed by atoms with Crippen LogP contribution in [0.2, 0.25) is 0 Å². The third-order valence-corrected chi connectivity index (χ3v) is 3.99. The Morgan fingerprint density at radius 3 is 2.55 bits per heavy atom. The van der Waals surface area contributed by atoms with Gasteiger partial charge in [-0.3, -0.25) is 4.79 Å². The molecule has 4 nitrogen and oxygen atoms in total. The molecule has 1 saturated heterocycles. The lowest BCUT2D eigenvalue weighted by Gasteiger charge is -2.24. The van der Waals surface area contributed by atoms with Gasteiger partial charge in [-0.15, -0.1) is 0 Å². The Labute approximate surface area is 121 Å². The third-order valence-electron chi connectivity index (χ3n) is 3.99. The van der Waals surface area contributed by atoms with Crippen molar-refractivity contribution in [1.82, 2.24) is 9.80 Å². The van der Waals surface area contributed by atoms with Gasteiger partial charge in [0.1, 0.15) is 0 Å². The maximum atomic E-state index is 11.5. The lowest BCUT2D eigenvalue weighted by molar-refractivity contribution is -0.139. The van der Waals surface area contributed by atoms with Crippen LogP contribution in [0.25, 0.3) is 0 Å². The fourth-order valence-electron chi connectivity index (χ4n) is 2.73. The summed E-state index contributed by atoms with van der Waals surface area (Å²) in [7, 11) is 2.01. The monoisotopic (exact) mass is 276 g/mol. The predicted octanol–water partition coefficient (Wildman–Crippen LogP) is 1.88. The number of aliphatic carboxylic acids is 1. The highest BCUT2D eigenvalue weighted by Gasteiger charge is 2.21. The summed E-state index contributed by atoms with van der Waals surface area (Å²) in [5.41, 5.74) is 0.882. The number of rotatable bonds is 7. The van der Waals surface area contributed by atoms with Crippen LogP contribution in [0, 0.1) is 0 Å². The molecule has 4 heteroatoms. The van der Waals surface area contributed by atoms with Crippen molar-refractivity contribution in [3.05, 3.63) is 35.9 Å². The molecule has 1 N–H and O–H groups in total. The highest BCUT2D eigenvalue weighted by atomic mass is 16.4. The van der Waals surface area contributed by atoms with Crippen molar-refractivity contribution in [2.24, 2.45) is 0 Å². The van der Waals surface area contributed by atoms with Gasteiger partial charge in [-0.1, -0.05) is 30.3 Å². The SMILES string of the molecule is CN(CCN1CCCC1)CC(C(=O)O)c1ccccc1. The summed E-state index contributed by atoms with van der Waals surface area (Å²) < 4.78 is 0. The molecule has 110 valence electrons. The van der Waals surface area contributed by atoms with E-state index in [1.165, 1.54) is 25.9 Å². The molecule has 0 aromatic heterocycles. The fraction of sp³-hybridized carbons (Fsp3) is 0.562. The molecule has 1 heterocycles. The molecule has 1 aliphatic rings. The molecule has 0 spiro atoms. The Morgan fingerprint density at radius 2 is 1.95 bits per heavy atom. The second kappa shape index (κ2) is 7.41. The minimum atomic E-state index is -0.746. The molecule has 0 aliphatic carbocycles. The minimum absolute atomic E-state index is 0.445. The standard InChI is InChI=1S/C16H24N2O2/c1-17(11-12-18-9-5-6-10-18)13-15(16(19)20)14-7-3-2-4-8-14/h2-4,7-8,15H,5-6,9-13H2,1H3,(H,19,20). The van der Waals surface area contributed by atoms with Crippen molar-refractivity contribution < 1.29 is 9.90 Å². The van der Waals surface area contributed by atoms with Crippen LogP contribution in [0.1, 0.15) is 24.3 Å². The number of hydrogen-bond donors (Lipinski definition) is 1. The lowest BCUT2D eigenvalue weighted by atomic mass is 9.99. The van der Waals surface area contributed by atoms with Gasteiger partial charge < -0.3 is 14.9 Å². The summed E-state index contributed by atoms with van der Waals surface area (Å²) >= 11 is 0. The molecular formula is C16H24N2O2. The van der Waals surface area contributed by atoms with Crippen LogP contribution < -0.4 is 0 Å². The van der Waals surface area contributed by atoms with Gasteiger partial charge in [-0.2, -0.15) is 0 Å². The van der Waals surface area contributed by atoms with Gasteiger partial charge in [0.15, 0.2) is 0 Å². The first-order valence-electron chi connectivity index (χ1n) is 7.35. The molecule has 20 heavy (non-hydrogen) atoms. The highest BCUT2D eigenvalue weighted by molar-refractivity contribution is 5.76. The van der Waals surface area contributed by atoms with Gasteiger partial charge in [0.05, 0.1) is 5.92 Å². The van der Waals surface area contributed by atoms with Crippen molar-refractivity contribution in [3.63, 3.8) is 0 Å². The molecule has 1 aromatic carbocycles. The average molecular weight is 276 g/mol. The molecule has 1 aromatic rings. The summed E-state index contributed by atoms with van der Waals surface area (Å²) in [6.45, 7) is 4.91. The van der Waals surface area contributed by atoms with Gasteiger partial charge in [0.25, 0.3) is 0 Å². The lowest BCUT2D eigenvalue weighted by Crippen LogP contribution is -2.35. The van der Waals surface area contributed by atoms with E-state index in [1.54, 1.807) is 0 Å². The van der Waals surface area contributed by atoms with Crippen LogP contribution >= 0.6 is 0 Å². The highest BCUT2D eigenvalue weighted by Crippen LogP contribution is 2.17. The van der Waals surface area contributed by atoms with Gasteiger partial charge in [0, 0.05) is 19.6 Å². The molecule has 0 bridgehead atoms. The van der Waals surface area contributed by atoms with Crippen molar-refractivity contribution in [2.45, 2.75) is 18.8 Å². The minimum Gasteiger partial charge on any atom is -0.481 e. The molecule has 1 unspecified atom stereocenters. The summed E-state index contributed by atoms with van der Waals surface area (Å²) in [4.78, 5) is 16.0. The second-order valence-electron chi connectivity index (χ2n) is 5.61. The third kappa shape index (κ3) is 4.32. The van der Waals surface area contributed by atoms with E-state index in [0.717, 1.165) is 18.7 Å². The van der Waals surface area contributed by atoms with E-state index in [1.807, 2.05) is 37.4 Å². The Morgan fingerprint density at radius 1 is 1.30 bits per heavy atom. The first kappa shape index (κ1) is 15.0. The van der Waals surface area contributed by atoms with Crippen LogP contribution in [-0.4, -0.2) is 60.6 Å². The molecule has 1 atom stereocenters. The number of benzene rings is 1. The van der Waals surface area contributed by atoms with Crippen LogP contribution in [0.4, 0.5) is 0 Å². The smallest absolute Gasteiger partial charge is 0.312 e. The van der Waals surface area contributed by atoms with Crippen molar-refractivity contribution in [3.8, 4) is 0 Å². The normalized spacial score (nSPS) is 17.5. The zero-order chi connectivity index (χ0) is 14.4. The number of nitrogens with zero attached hydrogens (tertiary/aromatic N) is 2. The van der Waals surface area contributed by atoms with E-state index in [9.17, 15) is 9.90 Å². The maximum Gasteiger partial charge on any atom is 0.312 e. The van der Waals surface area contributed by atoms with E-state index in [-0.39, 0.29) is 0 Å². The largest absolute Gasteiger partial charge is 0.481 e. The first-order chi connectivity index (χ1) is 9.66. The van der Waals surface area contributed by atoms with E-state index in [0.29, 0.717) is 6.54 Å². The Bertz CT molecular complexity index is 416. The summed E-state index contributed by atoms with van der Waals surface area (Å²) in [5.74, 6) is -1.19. The van der Waals surface area contributed by atoms with E-state index in [4.69, 9.17) is 0 Å². The van der Waals surface area contributed by atoms with Crippen LogP contribution in [0.15, 0.2) is 30.3 Å². The Balaban J connectivity index is 1.86. The van der Waals surface area contributed by atoms with Crippen LogP contribution in [0.5, 0.6) is 0 Å². The summed E-state index contributed by atoms with van der Waals surface area (Å²) in [6.07, 6.45) is 2.59. The predicted molar refractivity (Wildman–Crippen MR) is 80.0 cm³/mol. The topological polar surface area (TPSA) is 43.8 Å². The zero-order valence-electron chi connectivity index (χ0n) is 12.2. The van der Waals surface area contributed by atoms with E-state index in [2.05, 4.69) is 9.80 Å². The quantitative estimate of drug-likeness (QED) is 0.826. The number of carboxylic acids is 1. The average Bonchev–Trinajstić information content (AvgIpc) is 2.96. The second-order valence-corrected chi connectivity index (χ2v) is 5.61. The Kier molecular flexibility index (Phi) is 5.56. The van der Waals surface area contributed by atoms with Crippen LogP contribution in [0.3, 0.4) is 0 Å². The van der Waals surface area contributed by atoms with Gasteiger partial charge >= 0.3 is 5.97 Å². The molecule has 0 saturated carbocycles. The summed E-state index contributed by atoms with van der Waals surface area (Å²) in [6, 6.07) is 9.50. The number of carboxylic acid groups (broad SMARTS) is 1. The molecule has 0 radical (unpaired) electrons. The van der Waals surface area contributed by atoms with Crippen molar-refractivity contribution in [2.75, 3.05) is 39.8 Å². The zero-order valence-corrected chi connectivity index (χ0v) is 12.2. The van der Waals surface area contributed by atoms with Crippen molar-refractivity contribution in [1.29, 1.82) is 0 Å². The molecular weight excluding hydrogens is 252 g/mol. The van der Waals surface area contributed by atoms with Gasteiger partial charge in [-0.25, -0.2) is 0 Å².